The van der Waals surface area contributed by atoms with Crippen LogP contribution in [0.2, 0.25) is 5.02 Å². The summed E-state index contributed by atoms with van der Waals surface area (Å²) in [4.78, 5) is 0. The zero-order valence-corrected chi connectivity index (χ0v) is 14.7. The number of imidazole rings is 1. The zero-order valence-electron chi connectivity index (χ0n) is 14.0. The van der Waals surface area contributed by atoms with Crippen molar-refractivity contribution in [3.63, 3.8) is 0 Å². The first-order valence-corrected chi connectivity index (χ1v) is 8.70. The van der Waals surface area contributed by atoms with E-state index in [4.69, 9.17) is 21.4 Å². The first kappa shape index (κ1) is 16.7. The Labute approximate surface area is 155 Å². The van der Waals surface area contributed by atoms with Crippen molar-refractivity contribution in [2.24, 2.45) is 0 Å². The fourth-order valence-corrected chi connectivity index (χ4v) is 3.38. The molecule has 6 heteroatoms. The number of halogens is 1. The van der Waals surface area contributed by atoms with Gasteiger partial charge in [0.15, 0.2) is 0 Å². The average molecular weight is 368 g/mol. The number of aliphatic hydroxyl groups is 1. The maximum atomic E-state index is 10.5. The van der Waals surface area contributed by atoms with Gasteiger partial charge in [0.05, 0.1) is 30.4 Å². The Hall–Kier alpha value is -2.76. The highest BCUT2D eigenvalue weighted by molar-refractivity contribution is 6.31. The molecule has 0 aliphatic rings. The number of aliphatic hydroxyl groups excluding tert-OH is 1. The fraction of sp³-hybridized carbons (Fsp3) is 0.150. The van der Waals surface area contributed by atoms with E-state index in [9.17, 15) is 5.11 Å². The summed E-state index contributed by atoms with van der Waals surface area (Å²) in [7, 11) is 0. The number of nitrogens with one attached hydrogen (secondary N) is 1. The minimum atomic E-state index is -0.821. The Morgan fingerprint density at radius 3 is 2.35 bits per heavy atom. The molecule has 2 heterocycles. The van der Waals surface area contributed by atoms with E-state index in [1.807, 2.05) is 53.1 Å². The molecule has 26 heavy (non-hydrogen) atoms. The Morgan fingerprint density at radius 2 is 1.65 bits per heavy atom. The molecule has 132 valence electrons. The van der Waals surface area contributed by atoms with Gasteiger partial charge in [0.2, 0.25) is 5.62 Å². The first-order chi connectivity index (χ1) is 12.6. The van der Waals surface area contributed by atoms with E-state index in [2.05, 4.69) is 0 Å². The number of hydrogen-bond acceptors (Lipinski definition) is 3. The van der Waals surface area contributed by atoms with Gasteiger partial charge >= 0.3 is 0 Å². The molecule has 0 aliphatic heterocycles. The van der Waals surface area contributed by atoms with Gasteiger partial charge in [-0.25, -0.2) is 0 Å². The van der Waals surface area contributed by atoms with Crippen LogP contribution in [-0.4, -0.2) is 14.2 Å². The molecule has 0 aliphatic carbocycles. The summed E-state index contributed by atoms with van der Waals surface area (Å²) in [6, 6.07) is 18.9. The Kier molecular flexibility index (Phi) is 4.41. The second kappa shape index (κ2) is 6.86. The summed E-state index contributed by atoms with van der Waals surface area (Å²) in [6.07, 6.45) is 0.713. The molecule has 2 aromatic heterocycles. The molecule has 4 aromatic rings. The number of hydrogen-bond donors (Lipinski definition) is 2. The van der Waals surface area contributed by atoms with Crippen molar-refractivity contribution in [1.82, 2.24) is 9.13 Å². The molecule has 4 rings (SSSR count). The van der Waals surface area contributed by atoms with E-state index in [0.717, 1.165) is 16.6 Å². The monoisotopic (exact) mass is 367 g/mol. The van der Waals surface area contributed by atoms with Crippen LogP contribution in [0.25, 0.3) is 11.0 Å². The Morgan fingerprint density at radius 1 is 0.962 bits per heavy atom. The number of furan rings is 1. The van der Waals surface area contributed by atoms with Crippen LogP contribution < -0.4 is 5.62 Å². The zero-order chi connectivity index (χ0) is 18.1. The molecule has 2 N–H and O–H groups in total. The molecule has 0 unspecified atom stereocenters. The van der Waals surface area contributed by atoms with Crippen molar-refractivity contribution >= 4 is 22.6 Å². The van der Waals surface area contributed by atoms with Gasteiger partial charge in [-0.3, -0.25) is 5.41 Å². The number of benzene rings is 2. The lowest BCUT2D eigenvalue weighted by atomic mass is 10.2. The van der Waals surface area contributed by atoms with Crippen molar-refractivity contribution in [1.29, 1.82) is 5.41 Å². The van der Waals surface area contributed by atoms with E-state index in [1.165, 1.54) is 6.26 Å². The lowest BCUT2D eigenvalue weighted by molar-refractivity contribution is 0.130. The molecule has 0 radical (unpaired) electrons. The van der Waals surface area contributed by atoms with Gasteiger partial charge < -0.3 is 18.7 Å². The number of nitrogens with zero attached hydrogens (tertiary/aromatic N) is 2. The third-order valence-corrected chi connectivity index (χ3v) is 4.86. The summed E-state index contributed by atoms with van der Waals surface area (Å²) in [5.74, 6) is 0.486. The quantitative estimate of drug-likeness (QED) is 0.560. The SMILES string of the molecule is N=c1n(Cc2ccccc2Cl)c2ccccc2n1C[C@@H](O)c1ccco1. The van der Waals surface area contributed by atoms with E-state index in [-0.39, 0.29) is 6.54 Å². The maximum Gasteiger partial charge on any atom is 0.203 e. The second-order valence-corrected chi connectivity index (χ2v) is 6.54. The summed E-state index contributed by atoms with van der Waals surface area (Å²) in [5.41, 5.74) is 3.05. The van der Waals surface area contributed by atoms with Crippen LogP contribution in [0.5, 0.6) is 0 Å². The van der Waals surface area contributed by atoms with Crippen molar-refractivity contribution in [2.45, 2.75) is 19.2 Å². The van der Waals surface area contributed by atoms with Crippen LogP contribution in [0.15, 0.2) is 71.3 Å². The Balaban J connectivity index is 1.78. The van der Waals surface area contributed by atoms with Crippen molar-refractivity contribution in [2.75, 3.05) is 0 Å². The van der Waals surface area contributed by atoms with Gasteiger partial charge in [-0.15, -0.1) is 0 Å². The summed E-state index contributed by atoms with van der Waals surface area (Å²) in [6.45, 7) is 0.727. The molecule has 0 saturated heterocycles. The van der Waals surface area contributed by atoms with Crippen LogP contribution in [0.4, 0.5) is 0 Å². The van der Waals surface area contributed by atoms with Crippen molar-refractivity contribution < 1.29 is 9.52 Å². The minimum Gasteiger partial charge on any atom is -0.467 e. The van der Waals surface area contributed by atoms with Crippen LogP contribution >= 0.6 is 11.6 Å². The van der Waals surface area contributed by atoms with E-state index >= 15 is 0 Å². The van der Waals surface area contributed by atoms with Crippen molar-refractivity contribution in [3.8, 4) is 0 Å². The molecule has 5 nitrogen and oxygen atoms in total. The maximum absolute atomic E-state index is 10.5. The highest BCUT2D eigenvalue weighted by Gasteiger charge is 2.17. The molecule has 1 atom stereocenters. The highest BCUT2D eigenvalue weighted by Crippen LogP contribution is 2.21. The van der Waals surface area contributed by atoms with Crippen LogP contribution in [0.1, 0.15) is 17.4 Å². The number of aromatic nitrogens is 2. The Bertz CT molecular complexity index is 1100. The van der Waals surface area contributed by atoms with Crippen molar-refractivity contribution in [3.05, 3.63) is 88.9 Å². The molecular formula is C20H18ClN3O2. The van der Waals surface area contributed by atoms with Gasteiger partial charge in [0.1, 0.15) is 11.9 Å². The molecule has 0 bridgehead atoms. The topological polar surface area (TPSA) is 67.1 Å². The van der Waals surface area contributed by atoms with Gasteiger partial charge in [-0.1, -0.05) is 41.9 Å². The van der Waals surface area contributed by atoms with Gasteiger partial charge in [-0.05, 0) is 35.9 Å². The molecule has 0 spiro atoms. The summed E-state index contributed by atoms with van der Waals surface area (Å²) < 4.78 is 8.97. The molecule has 0 amide bonds. The smallest absolute Gasteiger partial charge is 0.203 e. The third kappa shape index (κ3) is 2.96. The normalized spacial score (nSPS) is 12.5. The first-order valence-electron chi connectivity index (χ1n) is 8.32. The lowest BCUT2D eigenvalue weighted by Crippen LogP contribution is -2.27. The lowest BCUT2D eigenvalue weighted by Gasteiger charge is -2.10. The molecule has 0 saturated carbocycles. The van der Waals surface area contributed by atoms with E-state index < -0.39 is 6.10 Å². The van der Waals surface area contributed by atoms with Gasteiger partial charge in [0, 0.05) is 5.02 Å². The van der Waals surface area contributed by atoms with E-state index in [1.54, 1.807) is 16.7 Å². The predicted molar refractivity (Wildman–Crippen MR) is 100 cm³/mol. The summed E-state index contributed by atoms with van der Waals surface area (Å²) in [5, 5.41) is 19.8. The number of rotatable bonds is 5. The third-order valence-electron chi connectivity index (χ3n) is 4.49. The predicted octanol–water partition coefficient (Wildman–Crippen LogP) is 3.95. The highest BCUT2D eigenvalue weighted by atomic mass is 35.5. The largest absolute Gasteiger partial charge is 0.467 e. The minimum absolute atomic E-state index is 0.238. The average Bonchev–Trinajstić information content (AvgIpc) is 3.27. The van der Waals surface area contributed by atoms with Crippen LogP contribution in [-0.2, 0) is 13.1 Å². The van der Waals surface area contributed by atoms with Crippen LogP contribution in [0, 0.1) is 5.41 Å². The number of para-hydroxylation sites is 2. The van der Waals surface area contributed by atoms with Crippen LogP contribution in [0.3, 0.4) is 0 Å². The molecule has 0 fully saturated rings. The molecule has 2 aromatic carbocycles. The summed E-state index contributed by atoms with van der Waals surface area (Å²) >= 11 is 6.30. The second-order valence-electron chi connectivity index (χ2n) is 6.13. The van der Waals surface area contributed by atoms with Gasteiger partial charge in [-0.2, -0.15) is 0 Å². The fourth-order valence-electron chi connectivity index (χ4n) is 3.18. The van der Waals surface area contributed by atoms with Gasteiger partial charge in [0.25, 0.3) is 0 Å². The standard InChI is InChI=1S/C20H18ClN3O2/c21-15-7-2-1-6-14(15)12-23-16-8-3-4-9-17(16)24(20(23)22)13-18(25)19-10-5-11-26-19/h1-11,18,22,25H,12-13H2/t18-/m1/s1. The number of fused-ring (bicyclic) bond motifs is 1. The molecular weight excluding hydrogens is 350 g/mol. The van der Waals surface area contributed by atoms with E-state index in [0.29, 0.717) is 22.9 Å².